The lowest BCUT2D eigenvalue weighted by Gasteiger charge is -2.22. The number of nitrogens with two attached hydrogens (primary N) is 1. The summed E-state index contributed by atoms with van der Waals surface area (Å²) >= 11 is 0. The molecule has 0 bridgehead atoms. The maximum atomic E-state index is 11.4. The van der Waals surface area contributed by atoms with Gasteiger partial charge in [-0.1, -0.05) is 0 Å². The van der Waals surface area contributed by atoms with Gasteiger partial charge in [0.05, 0.1) is 18.5 Å². The van der Waals surface area contributed by atoms with E-state index in [1.807, 2.05) is 0 Å². The zero-order valence-electron chi connectivity index (χ0n) is 8.14. The zero-order valence-corrected chi connectivity index (χ0v) is 7.14. The van der Waals surface area contributed by atoms with E-state index in [1.54, 1.807) is 0 Å². The fraction of sp³-hybridized carbons (Fsp3) is 0.286. The Morgan fingerprint density at radius 3 is 3.29 bits per heavy atom. The molecule has 1 aromatic rings. The van der Waals surface area contributed by atoms with Crippen LogP contribution in [0.15, 0.2) is 6.20 Å². The minimum absolute atomic E-state index is 0.00162. The Hall–Kier alpha value is -1.73. The first-order valence-electron chi connectivity index (χ1n) is 4.39. The maximum Gasteiger partial charge on any atom is 0.276 e. The Balaban J connectivity index is 2.51. The number of amides is 1. The number of hydrogen-bond acceptors (Lipinski definition) is 6. The molecule has 0 fully saturated rings. The maximum absolute atomic E-state index is 11.4. The van der Waals surface area contributed by atoms with E-state index in [1.165, 1.54) is 6.20 Å². The second kappa shape index (κ2) is 3.20. The Kier molecular flexibility index (Phi) is 1.75. The van der Waals surface area contributed by atoms with Crippen LogP contribution in [0, 0.1) is 0 Å². The lowest BCUT2D eigenvalue weighted by Crippen LogP contribution is -2.51. The predicted molar refractivity (Wildman–Crippen MR) is 47.0 cm³/mol. The largest absolute Gasteiger partial charge is 0.390 e. The fourth-order valence-corrected chi connectivity index (χ4v) is 1.11. The average molecular weight is 196 g/mol. The number of hydrogen-bond donors (Lipinski definition) is 4. The Morgan fingerprint density at radius 2 is 2.57 bits per heavy atom. The summed E-state index contributed by atoms with van der Waals surface area (Å²) < 4.78 is 7.51. The van der Waals surface area contributed by atoms with E-state index in [0.29, 0.717) is 0 Å². The highest BCUT2D eigenvalue weighted by Crippen LogP contribution is 2.13. The van der Waals surface area contributed by atoms with Gasteiger partial charge in [0.2, 0.25) is 0 Å². The number of nitrogens with zero attached hydrogens (tertiary/aromatic N) is 2. The molecule has 2 heterocycles. The first kappa shape index (κ1) is 7.65. The number of aromatic nitrogens is 2. The van der Waals surface area contributed by atoms with E-state index in [2.05, 4.69) is 15.3 Å². The molecule has 0 spiro atoms. The molecule has 0 saturated carbocycles. The van der Waals surface area contributed by atoms with Crippen LogP contribution in [0.3, 0.4) is 0 Å². The van der Waals surface area contributed by atoms with Crippen molar-refractivity contribution in [1.29, 1.82) is 0 Å². The molecule has 0 aliphatic carbocycles. The van der Waals surface area contributed by atoms with Crippen LogP contribution >= 0.6 is 0 Å². The van der Waals surface area contributed by atoms with E-state index in [-0.39, 0.29) is 23.8 Å². The molecule has 1 aliphatic heterocycles. The fourth-order valence-electron chi connectivity index (χ4n) is 1.11. The topological polar surface area (TPSA) is 113 Å². The number of rotatable bonds is 1. The number of carbonyl (C=O) groups is 1. The van der Waals surface area contributed by atoms with Crippen molar-refractivity contribution >= 4 is 11.7 Å². The minimum Gasteiger partial charge on any atom is -0.390 e. The third kappa shape index (κ3) is 1.38. The average Bonchev–Trinajstić information content (AvgIpc) is 2.25. The van der Waals surface area contributed by atoms with Crippen molar-refractivity contribution in [1.82, 2.24) is 15.3 Å². The van der Waals surface area contributed by atoms with E-state index in [4.69, 9.17) is 12.3 Å². The van der Waals surface area contributed by atoms with Gasteiger partial charge in [0.15, 0.2) is 19.2 Å². The smallest absolute Gasteiger partial charge is 0.276 e. The minimum atomic E-state index is -0.931. The molecule has 1 unspecified atom stereocenters. The van der Waals surface area contributed by atoms with Crippen molar-refractivity contribution in [3.63, 3.8) is 0 Å². The summed E-state index contributed by atoms with van der Waals surface area (Å²) in [5.74, 6) is -0.410. The van der Waals surface area contributed by atoms with Crippen LogP contribution in [0.4, 0.5) is 5.82 Å². The molecule has 1 amide bonds. The van der Waals surface area contributed by atoms with Crippen molar-refractivity contribution in [2.45, 2.75) is 12.9 Å². The van der Waals surface area contributed by atoms with Gasteiger partial charge >= 0.3 is 0 Å². The SMILES string of the molecule is [2H]N1c2ncc(CO)nc2C(=O)NC1N. The third-order valence-corrected chi connectivity index (χ3v) is 1.72. The third-order valence-electron chi connectivity index (χ3n) is 1.72. The Morgan fingerprint density at radius 1 is 1.79 bits per heavy atom. The highest BCUT2D eigenvalue weighted by Gasteiger charge is 2.23. The van der Waals surface area contributed by atoms with Crippen LogP contribution in [0.1, 0.15) is 16.2 Å². The van der Waals surface area contributed by atoms with Gasteiger partial charge in [0.1, 0.15) is 0 Å². The van der Waals surface area contributed by atoms with Gasteiger partial charge in [-0.2, -0.15) is 0 Å². The summed E-state index contributed by atoms with van der Waals surface area (Å²) in [6.07, 6.45) is 0.366. The van der Waals surface area contributed by atoms with Crippen molar-refractivity contribution in [2.24, 2.45) is 5.73 Å². The molecule has 2 rings (SSSR count). The molecule has 1 aliphatic rings. The Bertz CT molecular complexity index is 412. The number of carbonyl (C=O) groups excluding carboxylic acids is 1. The zero-order chi connectivity index (χ0) is 11.0. The van der Waals surface area contributed by atoms with E-state index < -0.39 is 12.2 Å². The van der Waals surface area contributed by atoms with E-state index in [0.717, 1.165) is 5.31 Å². The summed E-state index contributed by atoms with van der Waals surface area (Å²) in [5.41, 5.74) is 5.71. The van der Waals surface area contributed by atoms with Crippen molar-refractivity contribution in [3.8, 4) is 0 Å². The molecule has 0 radical (unpaired) electrons. The van der Waals surface area contributed by atoms with Crippen LogP contribution in [0.5, 0.6) is 0 Å². The second-order valence-corrected chi connectivity index (χ2v) is 2.74. The van der Waals surface area contributed by atoms with Crippen LogP contribution in [-0.4, -0.2) is 27.3 Å². The molecule has 7 heteroatoms. The molecular weight excluding hydrogens is 186 g/mol. The Labute approximate surface area is 80.8 Å². The molecule has 7 nitrogen and oxygen atoms in total. The van der Waals surface area contributed by atoms with Crippen LogP contribution in [0.25, 0.3) is 0 Å². The van der Waals surface area contributed by atoms with Crippen molar-refractivity contribution < 1.29 is 11.3 Å². The number of nitrogens with one attached hydrogen (secondary N) is 2. The number of anilines is 1. The summed E-state index contributed by atoms with van der Waals surface area (Å²) in [6, 6.07) is 0. The number of aliphatic hydroxyl groups is 1. The molecule has 1 aromatic heterocycles. The number of aliphatic hydroxyl groups excluding tert-OH is 1. The summed E-state index contributed by atoms with van der Waals surface area (Å²) in [7, 11) is 0. The molecule has 74 valence electrons. The summed E-state index contributed by atoms with van der Waals surface area (Å²) in [5, 5.41) is 12.0. The van der Waals surface area contributed by atoms with E-state index >= 15 is 0 Å². The van der Waals surface area contributed by atoms with Gasteiger partial charge < -0.3 is 15.7 Å². The van der Waals surface area contributed by atoms with Gasteiger partial charge in [0, 0.05) is 0 Å². The van der Waals surface area contributed by atoms with Gasteiger partial charge in [-0.05, 0) is 0 Å². The van der Waals surface area contributed by atoms with Gasteiger partial charge in [-0.15, -0.1) is 0 Å². The number of fused-ring (bicyclic) bond motifs is 1. The van der Waals surface area contributed by atoms with E-state index in [9.17, 15) is 4.79 Å². The van der Waals surface area contributed by atoms with Gasteiger partial charge in [-0.25, -0.2) is 9.97 Å². The van der Waals surface area contributed by atoms with Crippen LogP contribution in [-0.2, 0) is 6.61 Å². The second-order valence-electron chi connectivity index (χ2n) is 2.74. The molecule has 1 atom stereocenters. The quantitative estimate of drug-likeness (QED) is 0.428. The normalized spacial score (nSPS) is 21.3. The van der Waals surface area contributed by atoms with Crippen molar-refractivity contribution in [3.05, 3.63) is 17.6 Å². The standard InChI is InChI=1S/C7H9N5O2/c8-7-11-5-4(6(14)12-7)10-3(2-13)1-9-5/h1,7,13H,2,8H2,(H,9,11)(H,12,14)/i/hD. The highest BCUT2D eigenvalue weighted by molar-refractivity contribution is 5.98. The summed E-state index contributed by atoms with van der Waals surface area (Å²) in [6.45, 7) is -0.308. The predicted octanol–water partition coefficient (Wildman–Crippen LogP) is -1.63. The van der Waals surface area contributed by atoms with Gasteiger partial charge in [-0.3, -0.25) is 10.5 Å². The molecule has 14 heavy (non-hydrogen) atoms. The lowest BCUT2D eigenvalue weighted by atomic mass is 10.3. The molecule has 0 aromatic carbocycles. The monoisotopic (exact) mass is 196 g/mol. The first-order chi connectivity index (χ1) is 7.13. The van der Waals surface area contributed by atoms with Crippen LogP contribution in [0.2, 0.25) is 1.41 Å². The van der Waals surface area contributed by atoms with Crippen molar-refractivity contribution in [2.75, 3.05) is 5.31 Å². The van der Waals surface area contributed by atoms with Crippen LogP contribution < -0.4 is 16.4 Å². The lowest BCUT2D eigenvalue weighted by molar-refractivity contribution is 0.0930. The van der Waals surface area contributed by atoms with Gasteiger partial charge in [0.25, 0.3) is 5.91 Å². The molecule has 0 saturated heterocycles. The highest BCUT2D eigenvalue weighted by atomic mass is 16.3. The summed E-state index contributed by atoms with van der Waals surface area (Å²) in [4.78, 5) is 19.1. The molecular formula is C7H9N5O2. The molecule has 5 N–H and O–H groups in total. The first-order valence-corrected chi connectivity index (χ1v) is 3.95.